The Morgan fingerprint density at radius 3 is 2.50 bits per heavy atom. The van der Waals surface area contributed by atoms with Gasteiger partial charge in [-0.25, -0.2) is 4.39 Å². The van der Waals surface area contributed by atoms with Crippen LogP contribution in [-0.2, 0) is 4.79 Å². The number of amides is 2. The summed E-state index contributed by atoms with van der Waals surface area (Å²) >= 11 is 1.72. The number of carbonyl (C=O) groups is 2. The van der Waals surface area contributed by atoms with Crippen molar-refractivity contribution in [2.45, 2.75) is 43.5 Å². The van der Waals surface area contributed by atoms with Crippen molar-refractivity contribution in [2.24, 2.45) is 5.92 Å². The lowest BCUT2D eigenvalue weighted by molar-refractivity contribution is -0.856. The van der Waals surface area contributed by atoms with E-state index in [1.165, 1.54) is 48.4 Å². The summed E-state index contributed by atoms with van der Waals surface area (Å²) < 4.78 is 13.3. The quantitative estimate of drug-likeness (QED) is 0.751. The molecule has 5 nitrogen and oxygen atoms in total. The molecule has 2 N–H and O–H groups in total. The number of benzene rings is 1. The van der Waals surface area contributed by atoms with Gasteiger partial charge in [0, 0.05) is 11.3 Å². The van der Waals surface area contributed by atoms with E-state index in [0.29, 0.717) is 23.8 Å². The monoisotopic (exact) mass is 408 g/mol. The van der Waals surface area contributed by atoms with Gasteiger partial charge in [-0.15, -0.1) is 11.8 Å². The van der Waals surface area contributed by atoms with E-state index in [-0.39, 0.29) is 23.0 Å². The molecule has 2 aliphatic rings. The molecule has 1 aromatic carbocycles. The van der Waals surface area contributed by atoms with Crippen molar-refractivity contribution in [1.29, 1.82) is 0 Å². The van der Waals surface area contributed by atoms with Gasteiger partial charge in [-0.1, -0.05) is 19.3 Å². The third-order valence-electron chi connectivity index (χ3n) is 5.64. The van der Waals surface area contributed by atoms with Crippen LogP contribution in [0.4, 0.5) is 4.39 Å². The Labute approximate surface area is 171 Å². The minimum Gasteiger partial charge on any atom is -0.349 e. The van der Waals surface area contributed by atoms with E-state index in [2.05, 4.69) is 5.32 Å². The van der Waals surface area contributed by atoms with Crippen LogP contribution in [0.5, 0.6) is 0 Å². The van der Waals surface area contributed by atoms with Crippen LogP contribution in [-0.4, -0.2) is 61.1 Å². The summed E-state index contributed by atoms with van der Waals surface area (Å²) in [5.41, 5.74) is 0.445. The number of nitrogens with zero attached hydrogens (tertiary/aromatic N) is 1. The Balaban J connectivity index is 1.78. The molecule has 28 heavy (non-hydrogen) atoms. The molecule has 3 rings (SSSR count). The fourth-order valence-electron chi connectivity index (χ4n) is 4.06. The average molecular weight is 409 g/mol. The van der Waals surface area contributed by atoms with Gasteiger partial charge in [0.05, 0.1) is 32.6 Å². The van der Waals surface area contributed by atoms with E-state index in [1.54, 1.807) is 16.7 Å². The molecule has 1 aliphatic heterocycles. The number of likely N-dealkylation sites (N-methyl/N-ethyl adjacent to an activating group) is 1. The normalized spacial score (nSPS) is 23.2. The van der Waals surface area contributed by atoms with Gasteiger partial charge in [-0.2, -0.15) is 0 Å². The summed E-state index contributed by atoms with van der Waals surface area (Å²) in [6, 6.07) is 5.18. The second kappa shape index (κ2) is 9.74. The van der Waals surface area contributed by atoms with Gasteiger partial charge in [0.15, 0.2) is 0 Å². The molecule has 0 spiro atoms. The van der Waals surface area contributed by atoms with Crippen LogP contribution in [0.3, 0.4) is 0 Å². The van der Waals surface area contributed by atoms with E-state index in [9.17, 15) is 14.0 Å². The predicted octanol–water partition coefficient (Wildman–Crippen LogP) is 1.55. The van der Waals surface area contributed by atoms with Crippen LogP contribution in [0.2, 0.25) is 0 Å². The molecule has 2 amide bonds. The van der Waals surface area contributed by atoms with Crippen LogP contribution >= 0.6 is 11.8 Å². The third-order valence-corrected chi connectivity index (χ3v) is 7.10. The first kappa shape index (κ1) is 21.1. The summed E-state index contributed by atoms with van der Waals surface area (Å²) in [4.78, 5) is 29.2. The molecule has 7 heteroatoms. The first-order valence-electron chi connectivity index (χ1n) is 10.2. The molecular weight excluding hydrogens is 377 g/mol. The van der Waals surface area contributed by atoms with Gasteiger partial charge in [0.2, 0.25) is 5.91 Å². The summed E-state index contributed by atoms with van der Waals surface area (Å²) in [5, 5.41) is 3.02. The van der Waals surface area contributed by atoms with E-state index in [0.717, 1.165) is 19.4 Å². The molecule has 0 aromatic heterocycles. The third kappa shape index (κ3) is 5.06. The fourth-order valence-corrected chi connectivity index (χ4v) is 5.70. The highest BCUT2D eigenvalue weighted by Gasteiger charge is 2.45. The Kier molecular flexibility index (Phi) is 7.35. The Bertz CT molecular complexity index is 677. The molecule has 0 radical (unpaired) electrons. The van der Waals surface area contributed by atoms with Gasteiger partial charge in [0.25, 0.3) is 5.91 Å². The first-order chi connectivity index (χ1) is 13.5. The van der Waals surface area contributed by atoms with E-state index >= 15 is 0 Å². The van der Waals surface area contributed by atoms with Crippen molar-refractivity contribution in [1.82, 2.24) is 10.2 Å². The number of hydrogen-bond donors (Lipinski definition) is 2. The summed E-state index contributed by atoms with van der Waals surface area (Å²) in [6.45, 7) is 1.43. The van der Waals surface area contributed by atoms with E-state index in [1.807, 2.05) is 14.1 Å². The largest absolute Gasteiger partial charge is 0.349 e. The van der Waals surface area contributed by atoms with Crippen LogP contribution in [0, 0.1) is 11.7 Å². The van der Waals surface area contributed by atoms with Crippen LogP contribution in [0.25, 0.3) is 0 Å². The maximum Gasteiger partial charge on any atom is 0.255 e. The summed E-state index contributed by atoms with van der Waals surface area (Å²) in [7, 11) is 4.09. The van der Waals surface area contributed by atoms with Crippen molar-refractivity contribution in [3.63, 3.8) is 0 Å². The number of thioether (sulfide) groups is 1. The second-order valence-corrected chi connectivity index (χ2v) is 9.25. The fraction of sp³-hybridized carbons (Fsp3) is 0.619. The number of hydrogen-bond acceptors (Lipinski definition) is 3. The topological polar surface area (TPSA) is 53.9 Å². The van der Waals surface area contributed by atoms with Crippen LogP contribution in [0.1, 0.15) is 42.5 Å². The number of rotatable bonds is 6. The van der Waals surface area contributed by atoms with Gasteiger partial charge in [-0.05, 0) is 43.0 Å². The molecular formula is C21H31FN3O2S+. The van der Waals surface area contributed by atoms with Gasteiger partial charge in [0.1, 0.15) is 11.9 Å². The highest BCUT2D eigenvalue weighted by atomic mass is 32.2. The molecule has 154 valence electrons. The smallest absolute Gasteiger partial charge is 0.255 e. The number of carbonyl (C=O) groups excluding carboxylic acids is 2. The standard InChI is InChI=1S/C21H30FN3O2S/c1-24(2)13-12-23-19(26)18-14-28-21(16-6-4-3-5-7-16)25(18)20(27)15-8-10-17(22)11-9-15/h8-11,16,18,21H,3-7,12-14H2,1-2H3,(H,23,26)/p+1/t18-,21+/m1/s1. The van der Waals surface area contributed by atoms with Crippen LogP contribution in [0.15, 0.2) is 24.3 Å². The zero-order chi connectivity index (χ0) is 20.1. The summed E-state index contributed by atoms with van der Waals surface area (Å²) in [6.07, 6.45) is 5.81. The molecule has 1 saturated heterocycles. The lowest BCUT2D eigenvalue weighted by Gasteiger charge is -2.35. The molecule has 2 atom stereocenters. The molecule has 1 aliphatic carbocycles. The predicted molar refractivity (Wildman–Crippen MR) is 110 cm³/mol. The zero-order valence-corrected chi connectivity index (χ0v) is 17.6. The van der Waals surface area contributed by atoms with Gasteiger partial charge >= 0.3 is 0 Å². The second-order valence-electron chi connectivity index (χ2n) is 8.11. The van der Waals surface area contributed by atoms with E-state index in [4.69, 9.17) is 0 Å². The molecule has 1 saturated carbocycles. The zero-order valence-electron chi connectivity index (χ0n) is 16.7. The van der Waals surface area contributed by atoms with Crippen molar-refractivity contribution in [2.75, 3.05) is 32.9 Å². The Hall–Kier alpha value is -1.60. The van der Waals surface area contributed by atoms with Crippen molar-refractivity contribution < 1.29 is 18.9 Å². The van der Waals surface area contributed by atoms with E-state index < -0.39 is 6.04 Å². The molecule has 1 heterocycles. The minimum atomic E-state index is -0.466. The van der Waals surface area contributed by atoms with Crippen molar-refractivity contribution in [3.05, 3.63) is 35.6 Å². The minimum absolute atomic E-state index is 0.0214. The number of nitrogens with one attached hydrogen (secondary N) is 2. The maximum atomic E-state index is 13.3. The van der Waals surface area contributed by atoms with Gasteiger partial charge in [-0.3, -0.25) is 9.59 Å². The molecule has 2 fully saturated rings. The molecule has 0 bridgehead atoms. The van der Waals surface area contributed by atoms with Crippen molar-refractivity contribution in [3.8, 4) is 0 Å². The number of quaternary nitrogens is 1. The average Bonchev–Trinajstić information content (AvgIpc) is 3.13. The SMILES string of the molecule is C[NH+](C)CCNC(=O)[C@H]1CS[C@@H](C2CCCCC2)N1C(=O)c1ccc(F)cc1. The summed E-state index contributed by atoms with van der Waals surface area (Å²) in [5.74, 6) is 0.430. The van der Waals surface area contributed by atoms with Crippen LogP contribution < -0.4 is 10.2 Å². The highest BCUT2D eigenvalue weighted by molar-refractivity contribution is 8.00. The first-order valence-corrected chi connectivity index (χ1v) is 11.3. The van der Waals surface area contributed by atoms with Gasteiger partial charge < -0.3 is 15.1 Å². The number of halogens is 1. The molecule has 0 unspecified atom stereocenters. The lowest BCUT2D eigenvalue weighted by Crippen LogP contribution is -3.06. The highest BCUT2D eigenvalue weighted by Crippen LogP contribution is 2.41. The van der Waals surface area contributed by atoms with Crippen molar-refractivity contribution >= 4 is 23.6 Å². The maximum absolute atomic E-state index is 13.3. The Morgan fingerprint density at radius 1 is 1.18 bits per heavy atom. The lowest BCUT2D eigenvalue weighted by atomic mass is 9.88. The molecule has 1 aromatic rings. The Morgan fingerprint density at radius 2 is 1.86 bits per heavy atom.